The van der Waals surface area contributed by atoms with E-state index in [4.69, 9.17) is 4.74 Å². The van der Waals surface area contributed by atoms with E-state index < -0.39 is 5.72 Å². The Hall–Kier alpha value is -1.68. The topological polar surface area (TPSA) is 46.6 Å². The van der Waals surface area contributed by atoms with Crippen molar-refractivity contribution in [3.8, 4) is 0 Å². The summed E-state index contributed by atoms with van der Waals surface area (Å²) in [4.78, 5) is 27.3. The summed E-state index contributed by atoms with van der Waals surface area (Å²) in [6.07, 6.45) is 0.215. The minimum Gasteiger partial charge on any atom is -0.354 e. The van der Waals surface area contributed by atoms with Crippen molar-refractivity contribution in [2.75, 3.05) is 6.61 Å². The van der Waals surface area contributed by atoms with Crippen molar-refractivity contribution in [3.05, 3.63) is 35.9 Å². The van der Waals surface area contributed by atoms with Gasteiger partial charge in [-0.1, -0.05) is 58.0 Å². The Morgan fingerprint density at radius 3 is 2.38 bits per heavy atom. The van der Waals surface area contributed by atoms with Crippen LogP contribution in [0.4, 0.5) is 0 Å². The summed E-state index contributed by atoms with van der Waals surface area (Å²) < 4.78 is 5.87. The van der Waals surface area contributed by atoms with Gasteiger partial charge in [0, 0.05) is 17.9 Å². The fourth-order valence-electron chi connectivity index (χ4n) is 3.20. The minimum atomic E-state index is -0.640. The van der Waals surface area contributed by atoms with Crippen LogP contribution in [0.5, 0.6) is 0 Å². The molecule has 1 fully saturated rings. The lowest BCUT2D eigenvalue weighted by Crippen LogP contribution is -2.53. The number of rotatable bonds is 4. The van der Waals surface area contributed by atoms with Crippen molar-refractivity contribution in [2.24, 2.45) is 11.3 Å². The van der Waals surface area contributed by atoms with Gasteiger partial charge >= 0.3 is 0 Å². The predicted molar refractivity (Wildman–Crippen MR) is 94.7 cm³/mol. The molecule has 0 saturated carbocycles. The van der Waals surface area contributed by atoms with E-state index in [1.54, 1.807) is 12.1 Å². The number of carbonyl (C=O) groups is 2. The highest BCUT2D eigenvalue weighted by Crippen LogP contribution is 2.38. The van der Waals surface area contributed by atoms with Crippen LogP contribution in [0.1, 0.15) is 58.3 Å². The summed E-state index contributed by atoms with van der Waals surface area (Å²) in [6, 6.07) is 9.15. The van der Waals surface area contributed by atoms with Crippen LogP contribution in [0.3, 0.4) is 0 Å². The van der Waals surface area contributed by atoms with Gasteiger partial charge in [0.1, 0.15) is 5.72 Å². The average Bonchev–Trinajstić information content (AvgIpc) is 2.82. The number of nitrogens with zero attached hydrogens (tertiary/aromatic N) is 1. The molecule has 0 spiro atoms. The zero-order valence-electron chi connectivity index (χ0n) is 15.6. The molecule has 1 saturated heterocycles. The van der Waals surface area contributed by atoms with E-state index in [1.807, 2.05) is 43.9 Å². The van der Waals surface area contributed by atoms with Crippen molar-refractivity contribution < 1.29 is 14.3 Å². The number of hydrogen-bond donors (Lipinski definition) is 0. The van der Waals surface area contributed by atoms with Crippen molar-refractivity contribution in [1.29, 1.82) is 0 Å². The van der Waals surface area contributed by atoms with Crippen molar-refractivity contribution >= 4 is 11.7 Å². The third-order valence-corrected chi connectivity index (χ3v) is 4.73. The highest BCUT2D eigenvalue weighted by Gasteiger charge is 2.49. The van der Waals surface area contributed by atoms with Crippen LogP contribution >= 0.6 is 0 Å². The molecule has 1 unspecified atom stereocenters. The molecule has 0 radical (unpaired) electrons. The number of carbonyl (C=O) groups excluding carboxylic acids is 2. The largest absolute Gasteiger partial charge is 0.354 e. The monoisotopic (exact) mass is 331 g/mol. The number of benzene rings is 1. The summed E-state index contributed by atoms with van der Waals surface area (Å²) in [5.74, 6) is -0.382. The molecule has 1 aliphatic rings. The normalized spacial score (nSPS) is 21.6. The minimum absolute atomic E-state index is 0.00156. The second-order valence-corrected chi connectivity index (χ2v) is 8.24. The Morgan fingerprint density at radius 1 is 1.25 bits per heavy atom. The van der Waals surface area contributed by atoms with Gasteiger partial charge in [0.2, 0.25) is 5.91 Å². The lowest BCUT2D eigenvalue weighted by molar-refractivity contribution is -0.152. The van der Waals surface area contributed by atoms with E-state index in [0.29, 0.717) is 12.2 Å². The molecule has 0 bridgehead atoms. The lowest BCUT2D eigenvalue weighted by atomic mass is 9.85. The number of ketones is 1. The summed E-state index contributed by atoms with van der Waals surface area (Å²) in [7, 11) is 0. The van der Waals surface area contributed by atoms with E-state index in [1.165, 1.54) is 0 Å². The van der Waals surface area contributed by atoms with Gasteiger partial charge in [-0.15, -0.1) is 0 Å². The average molecular weight is 331 g/mol. The molecule has 1 aliphatic heterocycles. The second kappa shape index (κ2) is 6.67. The summed E-state index contributed by atoms with van der Waals surface area (Å²) in [6.45, 7) is 12.5. The highest BCUT2D eigenvalue weighted by molar-refractivity contribution is 5.98. The molecule has 132 valence electrons. The van der Waals surface area contributed by atoms with Gasteiger partial charge in [-0.05, 0) is 19.3 Å². The van der Waals surface area contributed by atoms with E-state index >= 15 is 0 Å². The maximum Gasteiger partial charge on any atom is 0.228 e. The van der Waals surface area contributed by atoms with Gasteiger partial charge in [0.05, 0.1) is 12.6 Å². The lowest BCUT2D eigenvalue weighted by Gasteiger charge is -2.40. The number of ether oxygens (including phenoxy) is 1. The Bertz CT molecular complexity index is 601. The molecule has 1 amide bonds. The standard InChI is InChI=1S/C20H29NO3/c1-14(12-16(22)15-10-8-7-9-11-15)18(23)21-17(19(2,3)4)13-24-20(21,5)6/h7-11,14,17H,12-13H2,1-6H3/t14?,17-/m0/s1. The van der Waals surface area contributed by atoms with E-state index in [0.717, 1.165) is 0 Å². The van der Waals surface area contributed by atoms with Crippen LogP contribution in [0.2, 0.25) is 0 Å². The van der Waals surface area contributed by atoms with Crippen molar-refractivity contribution in [3.63, 3.8) is 0 Å². The van der Waals surface area contributed by atoms with E-state index in [-0.39, 0.29) is 35.5 Å². The molecular formula is C20H29NO3. The summed E-state index contributed by atoms with van der Waals surface area (Å²) >= 11 is 0. The molecule has 1 aromatic rings. The SMILES string of the molecule is CC(CC(=O)c1ccccc1)C(=O)N1[C@H](C(C)(C)C)COC1(C)C. The first kappa shape index (κ1) is 18.7. The Kier molecular flexibility index (Phi) is 5.19. The molecular weight excluding hydrogens is 302 g/mol. The molecule has 4 nitrogen and oxygen atoms in total. The van der Waals surface area contributed by atoms with Crippen LogP contribution in [-0.2, 0) is 9.53 Å². The van der Waals surface area contributed by atoms with Crippen LogP contribution in [0, 0.1) is 11.3 Å². The van der Waals surface area contributed by atoms with Crippen molar-refractivity contribution in [2.45, 2.75) is 59.7 Å². The molecule has 1 aromatic carbocycles. The maximum absolute atomic E-state index is 13.1. The quantitative estimate of drug-likeness (QED) is 0.786. The van der Waals surface area contributed by atoms with Gasteiger partial charge in [0.15, 0.2) is 5.78 Å². The highest BCUT2D eigenvalue weighted by atomic mass is 16.5. The van der Waals surface area contributed by atoms with Crippen LogP contribution in [-0.4, -0.2) is 35.0 Å². The number of amides is 1. The second-order valence-electron chi connectivity index (χ2n) is 8.24. The van der Waals surface area contributed by atoms with Gasteiger partial charge in [-0.25, -0.2) is 0 Å². The van der Waals surface area contributed by atoms with Gasteiger partial charge in [0.25, 0.3) is 0 Å². The Morgan fingerprint density at radius 2 is 1.83 bits per heavy atom. The van der Waals surface area contributed by atoms with Crippen LogP contribution < -0.4 is 0 Å². The zero-order chi connectivity index (χ0) is 18.1. The van der Waals surface area contributed by atoms with Crippen LogP contribution in [0.25, 0.3) is 0 Å². The first-order chi connectivity index (χ1) is 11.0. The number of hydrogen-bond acceptors (Lipinski definition) is 3. The fourth-order valence-corrected chi connectivity index (χ4v) is 3.20. The summed E-state index contributed by atoms with van der Waals surface area (Å²) in [5, 5.41) is 0. The Labute approximate surface area is 145 Å². The number of Topliss-reactive ketones (excluding diaryl/α,β-unsaturated/α-hetero) is 1. The predicted octanol–water partition coefficient (Wildman–Crippen LogP) is 3.91. The first-order valence-corrected chi connectivity index (χ1v) is 8.59. The molecule has 0 aliphatic carbocycles. The molecule has 2 atom stereocenters. The molecule has 24 heavy (non-hydrogen) atoms. The molecule has 0 aromatic heterocycles. The van der Waals surface area contributed by atoms with Gasteiger partial charge in [-0.2, -0.15) is 0 Å². The maximum atomic E-state index is 13.1. The molecule has 4 heteroatoms. The third kappa shape index (κ3) is 3.86. The van der Waals surface area contributed by atoms with E-state index in [9.17, 15) is 9.59 Å². The smallest absolute Gasteiger partial charge is 0.228 e. The van der Waals surface area contributed by atoms with Crippen LogP contribution in [0.15, 0.2) is 30.3 Å². The van der Waals surface area contributed by atoms with Gasteiger partial charge in [-0.3, -0.25) is 9.59 Å². The molecule has 2 rings (SSSR count). The van der Waals surface area contributed by atoms with Gasteiger partial charge < -0.3 is 9.64 Å². The zero-order valence-corrected chi connectivity index (χ0v) is 15.6. The molecule has 1 heterocycles. The molecule has 0 N–H and O–H groups in total. The van der Waals surface area contributed by atoms with E-state index in [2.05, 4.69) is 20.8 Å². The third-order valence-electron chi connectivity index (χ3n) is 4.73. The summed E-state index contributed by atoms with van der Waals surface area (Å²) in [5.41, 5.74) is -0.0625. The van der Waals surface area contributed by atoms with Crippen molar-refractivity contribution in [1.82, 2.24) is 4.90 Å². The first-order valence-electron chi connectivity index (χ1n) is 8.59. The Balaban J connectivity index is 2.15. The fraction of sp³-hybridized carbons (Fsp3) is 0.600.